The highest BCUT2D eigenvalue weighted by atomic mass is 16.5. The topological polar surface area (TPSA) is 94.0 Å². The maximum atomic E-state index is 12.3. The van der Waals surface area contributed by atoms with Gasteiger partial charge in [-0.25, -0.2) is 21.5 Å². The molecule has 0 unspecified atom stereocenters. The van der Waals surface area contributed by atoms with Gasteiger partial charge < -0.3 is 9.47 Å². The van der Waals surface area contributed by atoms with Crippen LogP contribution in [0.25, 0.3) is 0 Å². The van der Waals surface area contributed by atoms with E-state index >= 15 is 0 Å². The van der Waals surface area contributed by atoms with Gasteiger partial charge in [-0.15, -0.1) is 0 Å². The minimum absolute atomic E-state index is 0.253. The Morgan fingerprint density at radius 3 is 2.19 bits per heavy atom. The minimum Gasteiger partial charge on any atom is -0.489 e. The van der Waals surface area contributed by atoms with Crippen LogP contribution in [0.2, 0.25) is 0 Å². The number of nitrogens with two attached hydrogens (primary N) is 2. The third-order valence-electron chi connectivity index (χ3n) is 4.89. The number of hydrazine groups is 2. The van der Waals surface area contributed by atoms with Gasteiger partial charge in [-0.2, -0.15) is 0 Å². The quantitative estimate of drug-likeness (QED) is 0.255. The molecule has 7 heteroatoms. The number of benzene rings is 2. The average Bonchev–Trinajstić information content (AvgIpc) is 2.75. The number of ether oxygens (including phenoxy) is 2. The molecule has 7 nitrogen and oxygen atoms in total. The van der Waals surface area contributed by atoms with Crippen molar-refractivity contribution in [2.45, 2.75) is 41.0 Å². The zero-order chi connectivity index (χ0) is 23.8. The number of allylic oxidation sites excluding steroid dienone is 2. The first-order valence-corrected chi connectivity index (χ1v) is 10.6. The van der Waals surface area contributed by atoms with Gasteiger partial charge in [0.05, 0.1) is 5.70 Å². The zero-order valence-electron chi connectivity index (χ0n) is 19.8. The minimum atomic E-state index is -0.516. The maximum Gasteiger partial charge on any atom is 0.352 e. The Labute approximate surface area is 190 Å². The lowest BCUT2D eigenvalue weighted by atomic mass is 10.1. The van der Waals surface area contributed by atoms with Gasteiger partial charge in [-0.3, -0.25) is 5.01 Å². The second kappa shape index (κ2) is 11.4. The molecule has 0 spiro atoms. The molecule has 172 valence electrons. The molecular formula is C25H34N4O3. The predicted octanol–water partition coefficient (Wildman–Crippen LogP) is 5.21. The Bertz CT molecular complexity index is 994. The molecule has 32 heavy (non-hydrogen) atoms. The van der Waals surface area contributed by atoms with E-state index in [0.29, 0.717) is 12.1 Å². The van der Waals surface area contributed by atoms with E-state index in [2.05, 4.69) is 0 Å². The molecule has 0 bridgehead atoms. The van der Waals surface area contributed by atoms with E-state index in [-0.39, 0.29) is 6.61 Å². The lowest BCUT2D eigenvalue weighted by Gasteiger charge is -2.26. The lowest BCUT2D eigenvalue weighted by Crippen LogP contribution is -2.48. The van der Waals surface area contributed by atoms with Gasteiger partial charge in [0.15, 0.2) is 0 Å². The molecular weight excluding hydrogens is 404 g/mol. The number of nitrogens with zero attached hydrogens (tertiary/aromatic N) is 2. The normalized spacial score (nSPS) is 11.1. The highest BCUT2D eigenvalue weighted by molar-refractivity contribution is 5.76. The summed E-state index contributed by atoms with van der Waals surface area (Å²) in [6.07, 6.45) is 2.59. The van der Waals surface area contributed by atoms with Crippen molar-refractivity contribution in [1.29, 1.82) is 0 Å². The van der Waals surface area contributed by atoms with Crippen LogP contribution in [0.4, 0.5) is 4.79 Å². The molecule has 2 rings (SSSR count). The van der Waals surface area contributed by atoms with Crippen molar-refractivity contribution in [2.75, 3.05) is 13.7 Å². The number of hydrogen-bond donors (Lipinski definition) is 2. The first-order valence-electron chi connectivity index (χ1n) is 10.6. The monoisotopic (exact) mass is 438 g/mol. The molecule has 2 aromatic rings. The summed E-state index contributed by atoms with van der Waals surface area (Å²) in [7, 11) is 1.45. The van der Waals surface area contributed by atoms with Crippen LogP contribution < -0.4 is 21.2 Å². The zero-order valence-corrected chi connectivity index (χ0v) is 19.8. The van der Waals surface area contributed by atoms with Crippen molar-refractivity contribution in [3.8, 4) is 17.2 Å². The molecule has 0 heterocycles. The van der Waals surface area contributed by atoms with Gasteiger partial charge >= 0.3 is 6.03 Å². The summed E-state index contributed by atoms with van der Waals surface area (Å²) in [4.78, 5) is 12.3. The van der Waals surface area contributed by atoms with E-state index in [4.69, 9.17) is 21.2 Å². The van der Waals surface area contributed by atoms with E-state index < -0.39 is 6.03 Å². The molecule has 0 aliphatic heterocycles. The van der Waals surface area contributed by atoms with Crippen LogP contribution >= 0.6 is 0 Å². The smallest absolute Gasteiger partial charge is 0.352 e. The molecule has 2 amide bonds. The summed E-state index contributed by atoms with van der Waals surface area (Å²) in [6, 6.07) is 13.1. The van der Waals surface area contributed by atoms with Crippen LogP contribution in [0.3, 0.4) is 0 Å². The molecule has 0 saturated heterocycles. The summed E-state index contributed by atoms with van der Waals surface area (Å²) in [6.45, 7) is 10.1. The number of carbonyl (C=O) groups is 1. The average molecular weight is 439 g/mol. The summed E-state index contributed by atoms with van der Waals surface area (Å²) in [5.74, 6) is 14.0. The summed E-state index contributed by atoms with van der Waals surface area (Å²) < 4.78 is 12.2. The van der Waals surface area contributed by atoms with Crippen LogP contribution in [0, 0.1) is 13.8 Å². The fourth-order valence-electron chi connectivity index (χ4n) is 3.10. The van der Waals surface area contributed by atoms with Crippen LogP contribution in [0.1, 0.15) is 38.3 Å². The second-order valence-corrected chi connectivity index (χ2v) is 7.83. The Balaban J connectivity index is 2.25. The first-order chi connectivity index (χ1) is 15.1. The van der Waals surface area contributed by atoms with Crippen LogP contribution in [-0.2, 0) is 0 Å². The molecule has 0 aliphatic carbocycles. The third-order valence-corrected chi connectivity index (χ3v) is 4.89. The van der Waals surface area contributed by atoms with Gasteiger partial charge in [0.25, 0.3) is 0 Å². The van der Waals surface area contributed by atoms with Gasteiger partial charge in [-0.05, 0) is 69.5 Å². The fraction of sp³-hybridized carbons (Fsp3) is 0.320. The van der Waals surface area contributed by atoms with Crippen LogP contribution in [-0.4, -0.2) is 29.7 Å². The van der Waals surface area contributed by atoms with Crippen molar-refractivity contribution in [3.63, 3.8) is 0 Å². The number of aryl methyl sites for hydroxylation is 2. The number of hydrogen-bond acceptors (Lipinski definition) is 5. The molecule has 0 radical (unpaired) electrons. The predicted molar refractivity (Wildman–Crippen MR) is 128 cm³/mol. The molecule has 0 fully saturated rings. The number of urea groups is 1. The molecule has 4 N–H and O–H groups in total. The number of rotatable bonds is 8. The van der Waals surface area contributed by atoms with E-state index in [1.807, 2.05) is 83.2 Å². The number of amides is 2. The van der Waals surface area contributed by atoms with Crippen molar-refractivity contribution < 1.29 is 14.3 Å². The molecule has 0 saturated carbocycles. The molecule has 0 aromatic heterocycles. The van der Waals surface area contributed by atoms with Crippen molar-refractivity contribution in [1.82, 2.24) is 10.0 Å². The summed E-state index contributed by atoms with van der Waals surface area (Å²) >= 11 is 0. The standard InChI is InChI=1S/C25H34N4O3/c1-7-11-22(29(27)25(30)28(6)26)21(17(2)3)16-31-23-14-19(5)24(15-18(23)4)32-20-12-9-8-10-13-20/h8-15H,7,16,26-27H2,1-6H3/b22-11+. The lowest BCUT2D eigenvalue weighted by molar-refractivity contribution is 0.177. The largest absolute Gasteiger partial charge is 0.489 e. The highest BCUT2D eigenvalue weighted by Gasteiger charge is 2.21. The fourth-order valence-corrected chi connectivity index (χ4v) is 3.10. The van der Waals surface area contributed by atoms with Gasteiger partial charge in [0.1, 0.15) is 23.9 Å². The molecule has 0 aliphatic rings. The second-order valence-electron chi connectivity index (χ2n) is 7.83. The van der Waals surface area contributed by atoms with Crippen LogP contribution in [0.5, 0.6) is 17.2 Å². The van der Waals surface area contributed by atoms with Crippen LogP contribution in [0.15, 0.2) is 65.4 Å². The molecule has 2 aromatic carbocycles. The van der Waals surface area contributed by atoms with Crippen molar-refractivity contribution >= 4 is 6.03 Å². The van der Waals surface area contributed by atoms with E-state index in [9.17, 15) is 4.79 Å². The first kappa shape index (κ1) is 25.0. The Morgan fingerprint density at radius 2 is 1.62 bits per heavy atom. The molecule has 0 atom stereocenters. The maximum absolute atomic E-state index is 12.3. The van der Waals surface area contributed by atoms with Gasteiger partial charge in [-0.1, -0.05) is 36.8 Å². The van der Waals surface area contributed by atoms with Gasteiger partial charge in [0.2, 0.25) is 0 Å². The van der Waals surface area contributed by atoms with E-state index in [0.717, 1.165) is 49.5 Å². The Hall–Kier alpha value is -3.29. The highest BCUT2D eigenvalue weighted by Crippen LogP contribution is 2.32. The number of para-hydroxylation sites is 1. The van der Waals surface area contributed by atoms with E-state index in [1.165, 1.54) is 7.05 Å². The van der Waals surface area contributed by atoms with E-state index in [1.54, 1.807) is 0 Å². The van der Waals surface area contributed by atoms with Crippen molar-refractivity contribution in [3.05, 3.63) is 76.5 Å². The number of carbonyl (C=O) groups excluding carboxylic acids is 1. The Morgan fingerprint density at radius 1 is 1.03 bits per heavy atom. The SMILES string of the molecule is CC/C=C(\C(COc1cc(C)c(Oc2ccccc2)cc1C)=C(C)C)N(N)C(=O)N(C)N. The summed E-state index contributed by atoms with van der Waals surface area (Å²) in [5, 5.41) is 2.01. The third kappa shape index (κ3) is 6.35. The van der Waals surface area contributed by atoms with Crippen molar-refractivity contribution in [2.24, 2.45) is 11.7 Å². The summed E-state index contributed by atoms with van der Waals surface area (Å²) in [5.41, 5.74) is 4.29. The van der Waals surface area contributed by atoms with Gasteiger partial charge in [0, 0.05) is 12.6 Å². The Kier molecular flexibility index (Phi) is 8.87.